The van der Waals surface area contributed by atoms with E-state index in [0.717, 1.165) is 0 Å². The summed E-state index contributed by atoms with van der Waals surface area (Å²) in [5.41, 5.74) is 8.73. The van der Waals surface area contributed by atoms with Gasteiger partial charge in [-0.05, 0) is 37.7 Å². The summed E-state index contributed by atoms with van der Waals surface area (Å²) < 4.78 is 0. The number of hydrogen-bond acceptors (Lipinski definition) is 3. The summed E-state index contributed by atoms with van der Waals surface area (Å²) in [7, 11) is 0. The van der Waals surface area contributed by atoms with Gasteiger partial charge in [-0.15, -0.1) is 11.8 Å². The Balaban J connectivity index is 2.37. The lowest BCUT2D eigenvalue weighted by molar-refractivity contribution is 0.554. The molecule has 2 rings (SSSR count). The van der Waals surface area contributed by atoms with Crippen LogP contribution < -0.4 is 10.6 Å². The van der Waals surface area contributed by atoms with Crippen molar-refractivity contribution in [2.24, 2.45) is 5.73 Å². The summed E-state index contributed by atoms with van der Waals surface area (Å²) >= 11 is 1.81. The van der Waals surface area contributed by atoms with Crippen LogP contribution in [0.15, 0.2) is 23.1 Å². The topological polar surface area (TPSA) is 29.3 Å². The van der Waals surface area contributed by atoms with Crippen LogP contribution in [0, 0.1) is 0 Å². The van der Waals surface area contributed by atoms with Crippen LogP contribution in [0.4, 0.5) is 5.69 Å². The quantitative estimate of drug-likeness (QED) is 0.843. The third kappa shape index (κ3) is 3.26. The van der Waals surface area contributed by atoms with Gasteiger partial charge in [0, 0.05) is 35.3 Å². The molecule has 1 aromatic rings. The van der Waals surface area contributed by atoms with E-state index in [9.17, 15) is 0 Å². The molecule has 0 radical (unpaired) electrons. The van der Waals surface area contributed by atoms with Crippen molar-refractivity contribution in [3.8, 4) is 0 Å². The van der Waals surface area contributed by atoms with Crippen LogP contribution in [0.2, 0.25) is 0 Å². The Morgan fingerprint density at radius 3 is 2.84 bits per heavy atom. The highest BCUT2D eigenvalue weighted by Gasteiger charge is 2.22. The molecule has 1 heterocycles. The van der Waals surface area contributed by atoms with Gasteiger partial charge in [0.2, 0.25) is 0 Å². The van der Waals surface area contributed by atoms with Crippen LogP contribution in [0.1, 0.15) is 44.6 Å². The fraction of sp³-hybridized carbons (Fsp3) is 0.625. The minimum Gasteiger partial charge on any atom is -0.368 e. The van der Waals surface area contributed by atoms with Crippen LogP contribution in [0.5, 0.6) is 0 Å². The second-order valence-corrected chi connectivity index (χ2v) is 6.11. The van der Waals surface area contributed by atoms with Crippen molar-refractivity contribution in [3.05, 3.63) is 23.8 Å². The van der Waals surface area contributed by atoms with Crippen molar-refractivity contribution < 1.29 is 0 Å². The highest BCUT2D eigenvalue weighted by molar-refractivity contribution is 7.98. The van der Waals surface area contributed by atoms with E-state index in [2.05, 4.69) is 36.3 Å². The highest BCUT2D eigenvalue weighted by atomic mass is 32.2. The van der Waals surface area contributed by atoms with Crippen LogP contribution in [-0.2, 0) is 6.54 Å². The van der Waals surface area contributed by atoms with Gasteiger partial charge in [0.05, 0.1) is 0 Å². The Bertz CT molecular complexity index is 406. The van der Waals surface area contributed by atoms with E-state index < -0.39 is 0 Å². The first kappa shape index (κ1) is 14.7. The second-order valence-electron chi connectivity index (χ2n) is 5.27. The monoisotopic (exact) mass is 278 g/mol. The lowest BCUT2D eigenvalue weighted by Crippen LogP contribution is -2.35. The van der Waals surface area contributed by atoms with E-state index in [4.69, 9.17) is 5.73 Å². The van der Waals surface area contributed by atoms with Crippen LogP contribution in [-0.4, -0.2) is 18.8 Å². The second kappa shape index (κ2) is 7.20. The minimum atomic E-state index is 0.638. The van der Waals surface area contributed by atoms with E-state index in [1.54, 1.807) is 11.8 Å². The molecule has 2 N–H and O–H groups in total. The van der Waals surface area contributed by atoms with Gasteiger partial charge in [0.1, 0.15) is 0 Å². The molecule has 2 nitrogen and oxygen atoms in total. The van der Waals surface area contributed by atoms with E-state index in [0.29, 0.717) is 12.6 Å². The molecule has 1 atom stereocenters. The first-order valence-corrected chi connectivity index (χ1v) is 8.66. The Morgan fingerprint density at radius 1 is 1.32 bits per heavy atom. The third-order valence-electron chi connectivity index (χ3n) is 4.19. The lowest BCUT2D eigenvalue weighted by Gasteiger charge is -2.33. The zero-order valence-corrected chi connectivity index (χ0v) is 13.0. The molecule has 106 valence electrons. The van der Waals surface area contributed by atoms with Crippen molar-refractivity contribution in [3.63, 3.8) is 0 Å². The molecule has 0 aliphatic carbocycles. The Morgan fingerprint density at radius 2 is 2.16 bits per heavy atom. The van der Waals surface area contributed by atoms with Gasteiger partial charge in [0.15, 0.2) is 0 Å². The van der Waals surface area contributed by atoms with Crippen molar-refractivity contribution in [1.82, 2.24) is 0 Å². The van der Waals surface area contributed by atoms with Gasteiger partial charge in [-0.2, -0.15) is 0 Å². The van der Waals surface area contributed by atoms with E-state index >= 15 is 0 Å². The van der Waals surface area contributed by atoms with Crippen molar-refractivity contribution in [2.75, 3.05) is 17.7 Å². The molecule has 1 fully saturated rings. The van der Waals surface area contributed by atoms with Gasteiger partial charge in [-0.25, -0.2) is 0 Å². The first-order chi connectivity index (χ1) is 9.31. The summed E-state index contributed by atoms with van der Waals surface area (Å²) in [4.78, 5) is 3.95. The van der Waals surface area contributed by atoms with Crippen LogP contribution >= 0.6 is 11.8 Å². The number of thioether (sulfide) groups is 1. The van der Waals surface area contributed by atoms with Crippen LogP contribution in [0.3, 0.4) is 0 Å². The average Bonchev–Trinajstić information content (AvgIpc) is 2.71. The number of benzene rings is 1. The summed E-state index contributed by atoms with van der Waals surface area (Å²) in [6.45, 7) is 4.13. The summed E-state index contributed by atoms with van der Waals surface area (Å²) in [6, 6.07) is 7.31. The molecule has 1 aliphatic heterocycles. The molecule has 3 heteroatoms. The molecular formula is C16H26N2S. The number of nitrogens with two attached hydrogens (primary N) is 1. The van der Waals surface area contributed by atoms with Gasteiger partial charge in [-0.3, -0.25) is 0 Å². The maximum atomic E-state index is 6.02. The normalized spacial score (nSPS) is 20.4. The molecule has 0 amide bonds. The highest BCUT2D eigenvalue weighted by Crippen LogP contribution is 2.33. The third-order valence-corrected chi connectivity index (χ3v) is 5.01. The Labute approximate surface area is 121 Å². The largest absolute Gasteiger partial charge is 0.368 e. The predicted molar refractivity (Wildman–Crippen MR) is 86.0 cm³/mol. The zero-order chi connectivity index (χ0) is 13.7. The molecule has 0 spiro atoms. The minimum absolute atomic E-state index is 0.638. The molecule has 19 heavy (non-hydrogen) atoms. The maximum absolute atomic E-state index is 6.02. The standard InChI is InChI=1S/C16H26N2S/c1-3-13-8-5-4-6-11-18(13)15-9-7-10-16(19-2)14(15)12-17/h7,9-10,13H,3-6,8,11-12,17H2,1-2H3. The maximum Gasteiger partial charge on any atom is 0.0425 e. The zero-order valence-electron chi connectivity index (χ0n) is 12.2. The van der Waals surface area contributed by atoms with Crippen LogP contribution in [0.25, 0.3) is 0 Å². The fourth-order valence-electron chi connectivity index (χ4n) is 3.14. The van der Waals surface area contributed by atoms with E-state index in [1.165, 1.54) is 54.8 Å². The molecule has 1 unspecified atom stereocenters. The molecule has 1 aromatic carbocycles. The molecule has 0 bridgehead atoms. The van der Waals surface area contributed by atoms with Crippen molar-refractivity contribution in [1.29, 1.82) is 0 Å². The number of nitrogens with zero attached hydrogens (tertiary/aromatic N) is 1. The van der Waals surface area contributed by atoms with Crippen molar-refractivity contribution >= 4 is 17.4 Å². The number of hydrogen-bond donors (Lipinski definition) is 1. The fourth-order valence-corrected chi connectivity index (χ4v) is 3.79. The summed E-state index contributed by atoms with van der Waals surface area (Å²) in [6.07, 6.45) is 8.74. The van der Waals surface area contributed by atoms with Gasteiger partial charge < -0.3 is 10.6 Å². The molecule has 0 aromatic heterocycles. The van der Waals surface area contributed by atoms with E-state index in [-0.39, 0.29) is 0 Å². The SMILES string of the molecule is CCC1CCCCCN1c1cccc(SC)c1CN. The Kier molecular flexibility index (Phi) is 5.59. The lowest BCUT2D eigenvalue weighted by atomic mass is 10.1. The Hall–Kier alpha value is -0.670. The first-order valence-electron chi connectivity index (χ1n) is 7.44. The number of rotatable bonds is 4. The summed E-state index contributed by atoms with van der Waals surface area (Å²) in [5, 5.41) is 0. The molecule has 0 saturated carbocycles. The van der Waals surface area contributed by atoms with Gasteiger partial charge >= 0.3 is 0 Å². The average molecular weight is 278 g/mol. The molecule has 1 saturated heterocycles. The smallest absolute Gasteiger partial charge is 0.0425 e. The molecular weight excluding hydrogens is 252 g/mol. The molecule has 1 aliphatic rings. The van der Waals surface area contributed by atoms with Crippen molar-refractivity contribution in [2.45, 2.75) is 56.5 Å². The van der Waals surface area contributed by atoms with E-state index in [1.807, 2.05) is 0 Å². The summed E-state index contributed by atoms with van der Waals surface area (Å²) in [5.74, 6) is 0. The van der Waals surface area contributed by atoms with Gasteiger partial charge in [-0.1, -0.05) is 25.8 Å². The van der Waals surface area contributed by atoms with Gasteiger partial charge in [0.25, 0.3) is 0 Å². The predicted octanol–water partition coefficient (Wildman–Crippen LogP) is 4.03. The number of anilines is 1.